The summed E-state index contributed by atoms with van der Waals surface area (Å²) in [6.07, 6.45) is 0. The van der Waals surface area contributed by atoms with Crippen molar-refractivity contribution in [3.8, 4) is 0 Å². The van der Waals surface area contributed by atoms with E-state index in [1.165, 1.54) is 6.07 Å². The first-order valence-corrected chi connectivity index (χ1v) is 6.87. The molecule has 0 saturated heterocycles. The molecule has 7 nitrogen and oxygen atoms in total. The Morgan fingerprint density at radius 1 is 1.00 bits per heavy atom. The van der Waals surface area contributed by atoms with E-state index in [0.29, 0.717) is 0 Å². The first-order valence-electron chi connectivity index (χ1n) is 3.65. The van der Waals surface area contributed by atoms with E-state index in [4.69, 9.17) is 25.3 Å². The van der Waals surface area contributed by atoms with Gasteiger partial charge in [0.1, 0.15) is 5.30 Å². The van der Waals surface area contributed by atoms with E-state index in [9.17, 15) is 9.13 Å². The predicted molar refractivity (Wildman–Crippen MR) is 54.2 cm³/mol. The summed E-state index contributed by atoms with van der Waals surface area (Å²) in [5, 5.41) is -1.55. The van der Waals surface area contributed by atoms with E-state index >= 15 is 0 Å². The molecule has 0 amide bonds. The van der Waals surface area contributed by atoms with Crippen LogP contribution < -0.4 is 16.3 Å². The van der Waals surface area contributed by atoms with E-state index < -0.39 is 25.8 Å². The molecule has 0 radical (unpaired) electrons. The highest BCUT2D eigenvalue weighted by molar-refractivity contribution is 7.67. The molecule has 15 heavy (non-hydrogen) atoms. The summed E-state index contributed by atoms with van der Waals surface area (Å²) in [7, 11) is -9.56. The Kier molecular flexibility index (Phi) is 3.07. The summed E-state index contributed by atoms with van der Waals surface area (Å²) >= 11 is 0. The van der Waals surface area contributed by atoms with Gasteiger partial charge in [0.2, 0.25) is 0 Å². The first-order chi connectivity index (χ1) is 6.64. The highest BCUT2D eigenvalue weighted by Gasteiger charge is 2.32. The summed E-state index contributed by atoms with van der Waals surface area (Å²) in [5.74, 6) is 0. The molecule has 0 unspecified atom stereocenters. The molecule has 1 rings (SSSR count). The summed E-state index contributed by atoms with van der Waals surface area (Å²) in [6, 6.07) is 3.31. The maximum atomic E-state index is 11.0. The Morgan fingerprint density at radius 3 is 1.87 bits per heavy atom. The third kappa shape index (κ3) is 2.66. The summed E-state index contributed by atoms with van der Waals surface area (Å²) in [4.78, 5) is 35.5. The van der Waals surface area contributed by atoms with E-state index in [0.717, 1.165) is 12.1 Å². The van der Waals surface area contributed by atoms with Gasteiger partial charge in [0.05, 0.1) is 5.30 Å². The lowest BCUT2D eigenvalue weighted by molar-refractivity contribution is 0.381. The number of anilines is 1. The minimum atomic E-state index is -4.81. The lowest BCUT2D eigenvalue weighted by Gasteiger charge is -2.13. The van der Waals surface area contributed by atoms with E-state index in [-0.39, 0.29) is 5.69 Å². The Hall–Kier alpha value is -0.680. The van der Waals surface area contributed by atoms with Crippen molar-refractivity contribution in [2.45, 2.75) is 0 Å². The average molecular weight is 253 g/mol. The van der Waals surface area contributed by atoms with E-state index in [1.807, 2.05) is 0 Å². The number of nitrogen functional groups attached to an aromatic ring is 1. The third-order valence-electron chi connectivity index (χ3n) is 1.65. The molecule has 84 valence electrons. The van der Waals surface area contributed by atoms with Crippen LogP contribution in [0.4, 0.5) is 5.69 Å². The van der Waals surface area contributed by atoms with Gasteiger partial charge in [0.15, 0.2) is 0 Å². The zero-order chi connectivity index (χ0) is 11.9. The molecular weight excluding hydrogens is 244 g/mol. The average Bonchev–Trinajstić information content (AvgIpc) is 1.99. The molecule has 1 aromatic rings. The van der Waals surface area contributed by atoms with Crippen LogP contribution >= 0.6 is 15.2 Å². The van der Waals surface area contributed by atoms with Crippen LogP contribution in [-0.2, 0) is 9.13 Å². The maximum Gasteiger partial charge on any atom is 0.359 e. The molecule has 1 aromatic carbocycles. The van der Waals surface area contributed by atoms with Gasteiger partial charge >= 0.3 is 15.2 Å². The summed E-state index contributed by atoms with van der Waals surface area (Å²) in [5.41, 5.74) is 4.93. The smallest absolute Gasteiger partial charge is 0.359 e. The molecule has 0 saturated carbocycles. The number of nitrogens with two attached hydrogens (primary N) is 1. The van der Waals surface area contributed by atoms with Crippen LogP contribution in [-0.4, -0.2) is 19.6 Å². The van der Waals surface area contributed by atoms with Crippen LogP contribution in [0.3, 0.4) is 0 Å². The van der Waals surface area contributed by atoms with Crippen molar-refractivity contribution in [2.75, 3.05) is 5.73 Å². The fourth-order valence-corrected chi connectivity index (χ4v) is 3.35. The van der Waals surface area contributed by atoms with Crippen LogP contribution in [0.1, 0.15) is 0 Å². The quantitative estimate of drug-likeness (QED) is 0.332. The van der Waals surface area contributed by atoms with Crippen molar-refractivity contribution in [1.82, 2.24) is 0 Å². The molecule has 6 N–H and O–H groups in total. The molecule has 0 atom stereocenters. The number of hydrogen-bond donors (Lipinski definition) is 5. The molecule has 0 aliphatic rings. The summed E-state index contributed by atoms with van der Waals surface area (Å²) < 4.78 is 21.9. The van der Waals surface area contributed by atoms with Gasteiger partial charge in [-0.05, 0) is 12.1 Å². The lowest BCUT2D eigenvalue weighted by atomic mass is 10.3. The van der Waals surface area contributed by atoms with Crippen molar-refractivity contribution in [2.24, 2.45) is 0 Å². The van der Waals surface area contributed by atoms with Gasteiger partial charge in [-0.2, -0.15) is 0 Å². The topological polar surface area (TPSA) is 141 Å². The van der Waals surface area contributed by atoms with Crippen LogP contribution in [0.15, 0.2) is 18.2 Å². The number of benzene rings is 1. The Morgan fingerprint density at radius 2 is 1.53 bits per heavy atom. The minimum absolute atomic E-state index is 0.343. The predicted octanol–water partition coefficient (Wildman–Crippen LogP) is -1.13. The summed E-state index contributed by atoms with van der Waals surface area (Å²) in [6.45, 7) is 0. The highest BCUT2D eigenvalue weighted by Crippen LogP contribution is 2.41. The van der Waals surface area contributed by atoms with Gasteiger partial charge in [-0.15, -0.1) is 0 Å². The van der Waals surface area contributed by atoms with Gasteiger partial charge in [0.25, 0.3) is 0 Å². The lowest BCUT2D eigenvalue weighted by Crippen LogP contribution is -2.27. The molecule has 0 aliphatic heterocycles. The fraction of sp³-hybridized carbons (Fsp3) is 0. The van der Waals surface area contributed by atoms with Gasteiger partial charge in [-0.1, -0.05) is 6.07 Å². The second-order valence-electron chi connectivity index (χ2n) is 2.80. The molecule has 9 heteroatoms. The number of rotatable bonds is 2. The minimum Gasteiger partial charge on any atom is -0.398 e. The Bertz CT molecular complexity index is 475. The zero-order valence-corrected chi connectivity index (χ0v) is 9.10. The first kappa shape index (κ1) is 12.4. The standard InChI is InChI=1S/C6H9NO6P2/c7-4-2-1-3-5(14(8,9)10)6(4)15(11,12)13/h1-3H,7H2,(H2,8,9,10)(H2,11,12,13). The van der Waals surface area contributed by atoms with Gasteiger partial charge in [-0.25, -0.2) is 0 Å². The van der Waals surface area contributed by atoms with Gasteiger partial charge < -0.3 is 25.3 Å². The molecule has 0 aromatic heterocycles. The van der Waals surface area contributed by atoms with Crippen molar-refractivity contribution in [1.29, 1.82) is 0 Å². The van der Waals surface area contributed by atoms with Gasteiger partial charge in [0, 0.05) is 5.69 Å². The van der Waals surface area contributed by atoms with Gasteiger partial charge in [-0.3, -0.25) is 9.13 Å². The third-order valence-corrected chi connectivity index (χ3v) is 3.91. The molecule has 0 heterocycles. The van der Waals surface area contributed by atoms with Crippen LogP contribution in [0.25, 0.3) is 0 Å². The van der Waals surface area contributed by atoms with Crippen LogP contribution in [0.2, 0.25) is 0 Å². The van der Waals surface area contributed by atoms with Crippen molar-refractivity contribution in [3.63, 3.8) is 0 Å². The normalized spacial score (nSPS) is 12.8. The SMILES string of the molecule is Nc1cccc(P(=O)(O)O)c1P(=O)(O)O. The van der Waals surface area contributed by atoms with E-state index in [2.05, 4.69) is 0 Å². The van der Waals surface area contributed by atoms with Crippen molar-refractivity contribution in [3.05, 3.63) is 18.2 Å². The Labute approximate surface area is 84.9 Å². The van der Waals surface area contributed by atoms with Crippen molar-refractivity contribution < 1.29 is 28.7 Å². The molecule has 0 spiro atoms. The van der Waals surface area contributed by atoms with E-state index in [1.54, 1.807) is 0 Å². The molecule has 0 aliphatic carbocycles. The number of hydrogen-bond acceptors (Lipinski definition) is 3. The van der Waals surface area contributed by atoms with Crippen LogP contribution in [0.5, 0.6) is 0 Å². The maximum absolute atomic E-state index is 11.0. The molecule has 0 fully saturated rings. The van der Waals surface area contributed by atoms with Crippen LogP contribution in [0, 0.1) is 0 Å². The largest absolute Gasteiger partial charge is 0.398 e. The molecule has 0 bridgehead atoms. The zero-order valence-electron chi connectivity index (χ0n) is 7.31. The van der Waals surface area contributed by atoms with Crippen molar-refractivity contribution >= 4 is 31.5 Å². The molecular formula is C6H9NO6P2. The monoisotopic (exact) mass is 253 g/mol. The fourth-order valence-electron chi connectivity index (χ4n) is 1.10. The highest BCUT2D eigenvalue weighted by atomic mass is 31.2. The second-order valence-corrected chi connectivity index (χ2v) is 5.91. The Balaban J connectivity index is 3.63. The second kappa shape index (κ2) is 3.72.